The molecular formula is C20H24N2O2. The molecule has 2 aromatic carbocycles. The van der Waals surface area contributed by atoms with Crippen LogP contribution in [0.1, 0.15) is 41.5 Å². The zero-order chi connectivity index (χ0) is 17.9. The van der Waals surface area contributed by atoms with Gasteiger partial charge in [-0.15, -0.1) is 0 Å². The molecule has 2 aromatic rings. The number of hydrogen-bond donors (Lipinski definition) is 1. The maximum Gasteiger partial charge on any atom is 0.253 e. The zero-order valence-corrected chi connectivity index (χ0v) is 14.9. The number of carbonyl (C=O) groups excluding carboxylic acids is 2. The van der Waals surface area contributed by atoms with Crippen molar-refractivity contribution in [2.75, 3.05) is 14.1 Å². The number of nitrogens with zero attached hydrogens (tertiary/aromatic N) is 1. The van der Waals surface area contributed by atoms with Gasteiger partial charge in [-0.05, 0) is 56.2 Å². The van der Waals surface area contributed by atoms with Crippen LogP contribution in [0.5, 0.6) is 0 Å². The average Bonchev–Trinajstić information content (AvgIpc) is 2.52. The lowest BCUT2D eigenvalue weighted by Crippen LogP contribution is -2.40. The molecule has 0 aliphatic rings. The molecule has 0 aliphatic heterocycles. The van der Waals surface area contributed by atoms with Crippen molar-refractivity contribution >= 4 is 11.8 Å². The average molecular weight is 324 g/mol. The Morgan fingerprint density at radius 1 is 0.875 bits per heavy atom. The molecule has 0 aliphatic carbocycles. The minimum Gasteiger partial charge on any atom is -0.347 e. The number of rotatable bonds is 3. The Balaban J connectivity index is 2.34. The van der Waals surface area contributed by atoms with Crippen molar-refractivity contribution in [2.45, 2.75) is 26.3 Å². The number of hydrogen-bond acceptors (Lipinski definition) is 2. The van der Waals surface area contributed by atoms with Gasteiger partial charge in [0.05, 0.1) is 0 Å². The second-order valence-electron chi connectivity index (χ2n) is 7.07. The van der Waals surface area contributed by atoms with Crippen molar-refractivity contribution in [3.8, 4) is 11.1 Å². The second kappa shape index (κ2) is 6.87. The monoisotopic (exact) mass is 324 g/mol. The van der Waals surface area contributed by atoms with Crippen LogP contribution in [0.4, 0.5) is 0 Å². The summed E-state index contributed by atoms with van der Waals surface area (Å²) in [6.07, 6.45) is 0. The van der Waals surface area contributed by atoms with Crippen molar-refractivity contribution in [3.05, 3.63) is 59.7 Å². The Morgan fingerprint density at radius 2 is 1.38 bits per heavy atom. The van der Waals surface area contributed by atoms with E-state index >= 15 is 0 Å². The van der Waals surface area contributed by atoms with Crippen molar-refractivity contribution < 1.29 is 9.59 Å². The third kappa shape index (κ3) is 4.44. The Morgan fingerprint density at radius 3 is 1.88 bits per heavy atom. The molecule has 4 heteroatoms. The molecule has 1 N–H and O–H groups in total. The molecule has 0 bridgehead atoms. The molecule has 2 rings (SSSR count). The van der Waals surface area contributed by atoms with Gasteiger partial charge in [0, 0.05) is 30.8 Å². The van der Waals surface area contributed by atoms with Crippen LogP contribution in [0, 0.1) is 0 Å². The van der Waals surface area contributed by atoms with Crippen LogP contribution in [0.2, 0.25) is 0 Å². The molecule has 0 aromatic heterocycles. The van der Waals surface area contributed by atoms with Crippen LogP contribution in [0.15, 0.2) is 48.5 Å². The summed E-state index contributed by atoms with van der Waals surface area (Å²) >= 11 is 0. The number of benzene rings is 2. The van der Waals surface area contributed by atoms with E-state index in [1.54, 1.807) is 31.1 Å². The minimum atomic E-state index is -0.287. The highest BCUT2D eigenvalue weighted by atomic mass is 16.2. The van der Waals surface area contributed by atoms with E-state index in [-0.39, 0.29) is 17.4 Å². The lowest BCUT2D eigenvalue weighted by atomic mass is 10.00. The molecule has 4 nitrogen and oxygen atoms in total. The molecular weight excluding hydrogens is 300 g/mol. The summed E-state index contributed by atoms with van der Waals surface area (Å²) in [5, 5.41) is 2.96. The fraction of sp³-hybridized carbons (Fsp3) is 0.300. The largest absolute Gasteiger partial charge is 0.347 e. The highest BCUT2D eigenvalue weighted by Gasteiger charge is 2.16. The predicted molar refractivity (Wildman–Crippen MR) is 97.1 cm³/mol. The third-order valence-corrected chi connectivity index (χ3v) is 3.46. The van der Waals surface area contributed by atoms with E-state index in [0.717, 1.165) is 11.1 Å². The van der Waals surface area contributed by atoms with Gasteiger partial charge in [0.1, 0.15) is 0 Å². The van der Waals surface area contributed by atoms with Crippen LogP contribution in [-0.2, 0) is 0 Å². The molecule has 0 unspecified atom stereocenters. The summed E-state index contributed by atoms with van der Waals surface area (Å²) in [5.41, 5.74) is 2.76. The molecule has 126 valence electrons. The first-order chi connectivity index (χ1) is 11.2. The van der Waals surface area contributed by atoms with Crippen LogP contribution in [-0.4, -0.2) is 36.3 Å². The van der Waals surface area contributed by atoms with Gasteiger partial charge < -0.3 is 10.2 Å². The summed E-state index contributed by atoms with van der Waals surface area (Å²) in [6, 6.07) is 14.9. The molecule has 2 amide bonds. The predicted octanol–water partition coefficient (Wildman–Crippen LogP) is 3.58. The molecule has 0 atom stereocenters. The summed E-state index contributed by atoms with van der Waals surface area (Å²) < 4.78 is 0. The molecule has 0 saturated carbocycles. The van der Waals surface area contributed by atoms with E-state index in [0.29, 0.717) is 11.1 Å². The topological polar surface area (TPSA) is 49.4 Å². The minimum absolute atomic E-state index is 0.0431. The molecule has 0 saturated heterocycles. The van der Waals surface area contributed by atoms with Crippen LogP contribution in [0.25, 0.3) is 11.1 Å². The first kappa shape index (κ1) is 17.7. The van der Waals surface area contributed by atoms with E-state index in [9.17, 15) is 9.59 Å². The Labute approximate surface area is 143 Å². The molecule has 0 radical (unpaired) electrons. The highest BCUT2D eigenvalue weighted by Crippen LogP contribution is 2.22. The van der Waals surface area contributed by atoms with E-state index < -0.39 is 0 Å². The first-order valence-electron chi connectivity index (χ1n) is 7.92. The van der Waals surface area contributed by atoms with E-state index in [4.69, 9.17) is 0 Å². The van der Waals surface area contributed by atoms with E-state index in [2.05, 4.69) is 5.32 Å². The van der Waals surface area contributed by atoms with Crippen molar-refractivity contribution in [1.29, 1.82) is 0 Å². The molecule has 0 spiro atoms. The van der Waals surface area contributed by atoms with Gasteiger partial charge in [-0.2, -0.15) is 0 Å². The van der Waals surface area contributed by atoms with Gasteiger partial charge in [-0.1, -0.05) is 24.3 Å². The lowest BCUT2D eigenvalue weighted by molar-refractivity contribution is 0.0827. The van der Waals surface area contributed by atoms with Gasteiger partial charge in [-0.3, -0.25) is 9.59 Å². The van der Waals surface area contributed by atoms with Crippen molar-refractivity contribution in [3.63, 3.8) is 0 Å². The Bertz CT molecular complexity index is 758. The van der Waals surface area contributed by atoms with Gasteiger partial charge in [0.15, 0.2) is 0 Å². The Hall–Kier alpha value is -2.62. The highest BCUT2D eigenvalue weighted by molar-refractivity contribution is 5.97. The third-order valence-electron chi connectivity index (χ3n) is 3.46. The van der Waals surface area contributed by atoms with Crippen LogP contribution >= 0.6 is 0 Å². The molecule has 0 heterocycles. The fourth-order valence-corrected chi connectivity index (χ4v) is 2.34. The summed E-state index contributed by atoms with van der Waals surface area (Å²) in [7, 11) is 3.46. The van der Waals surface area contributed by atoms with Crippen LogP contribution in [0.3, 0.4) is 0 Å². The van der Waals surface area contributed by atoms with Crippen LogP contribution < -0.4 is 5.32 Å². The quantitative estimate of drug-likeness (QED) is 0.938. The smallest absolute Gasteiger partial charge is 0.253 e. The summed E-state index contributed by atoms with van der Waals surface area (Å²) in [5.74, 6) is -0.150. The van der Waals surface area contributed by atoms with E-state index in [1.807, 2.05) is 57.2 Å². The Kier molecular flexibility index (Phi) is 5.07. The van der Waals surface area contributed by atoms with Gasteiger partial charge in [-0.25, -0.2) is 0 Å². The maximum absolute atomic E-state index is 12.3. The second-order valence-corrected chi connectivity index (χ2v) is 7.07. The molecule has 0 fully saturated rings. The maximum atomic E-state index is 12.3. The number of amides is 2. The first-order valence-corrected chi connectivity index (χ1v) is 7.92. The number of carbonyl (C=O) groups is 2. The van der Waals surface area contributed by atoms with E-state index in [1.165, 1.54) is 0 Å². The summed E-state index contributed by atoms with van der Waals surface area (Å²) in [6.45, 7) is 5.85. The van der Waals surface area contributed by atoms with Gasteiger partial charge in [0.2, 0.25) is 0 Å². The number of nitrogens with one attached hydrogen (secondary N) is 1. The van der Waals surface area contributed by atoms with Gasteiger partial charge in [0.25, 0.3) is 11.8 Å². The van der Waals surface area contributed by atoms with Crippen molar-refractivity contribution in [2.24, 2.45) is 0 Å². The zero-order valence-electron chi connectivity index (χ0n) is 14.9. The lowest BCUT2D eigenvalue weighted by Gasteiger charge is -2.20. The van der Waals surface area contributed by atoms with Crippen molar-refractivity contribution in [1.82, 2.24) is 10.2 Å². The molecule has 24 heavy (non-hydrogen) atoms. The fourth-order valence-electron chi connectivity index (χ4n) is 2.34. The standard InChI is InChI=1S/C20H24N2O2/c1-20(2,3)21-18(23)16-10-6-8-14(12-16)15-9-7-11-17(13-15)19(24)22(4)5/h6-13H,1-5H3,(H,21,23). The van der Waals surface area contributed by atoms with Gasteiger partial charge >= 0.3 is 0 Å². The summed E-state index contributed by atoms with van der Waals surface area (Å²) in [4.78, 5) is 26.0. The normalized spacial score (nSPS) is 11.0. The SMILES string of the molecule is CN(C)C(=O)c1cccc(-c2cccc(C(=O)NC(C)(C)C)c2)c1.